The van der Waals surface area contributed by atoms with Crippen LogP contribution in [0.25, 0.3) is 21.9 Å². The minimum atomic E-state index is -0.879. The molecule has 4 rings (SSSR count). The fourth-order valence-electron chi connectivity index (χ4n) is 4.07. The summed E-state index contributed by atoms with van der Waals surface area (Å²) in [4.78, 5) is 14.6. The number of aliphatic hydroxyl groups is 2. The average Bonchev–Trinajstić information content (AvgIpc) is 3.10. The van der Waals surface area contributed by atoms with Crippen LogP contribution in [0.2, 0.25) is 0 Å². The summed E-state index contributed by atoms with van der Waals surface area (Å²) in [6.07, 6.45) is 1.72. The molecule has 0 spiro atoms. The van der Waals surface area contributed by atoms with Crippen LogP contribution in [0.15, 0.2) is 60.7 Å². The van der Waals surface area contributed by atoms with Crippen LogP contribution in [0.1, 0.15) is 35.7 Å². The summed E-state index contributed by atoms with van der Waals surface area (Å²) >= 11 is 0. The van der Waals surface area contributed by atoms with Gasteiger partial charge in [0, 0.05) is 18.7 Å². The molecular formula is C25H27NO3. The number of unbranched alkanes of at least 4 members (excludes halogenated alkanes) is 1. The molecule has 0 bridgehead atoms. The van der Waals surface area contributed by atoms with Crippen molar-refractivity contribution < 1.29 is 15.0 Å². The number of amides is 1. The normalized spacial score (nSPS) is 19.1. The van der Waals surface area contributed by atoms with Crippen molar-refractivity contribution in [1.82, 2.24) is 4.90 Å². The summed E-state index contributed by atoms with van der Waals surface area (Å²) in [5.74, 6) is -0.154. The molecule has 0 unspecified atom stereocenters. The molecule has 1 amide bonds. The highest BCUT2D eigenvalue weighted by atomic mass is 16.3. The molecule has 1 aliphatic heterocycles. The Labute approximate surface area is 171 Å². The number of rotatable bonds is 5. The number of fused-ring (bicyclic) bond motifs is 1. The molecule has 0 saturated carbocycles. The Hall–Kier alpha value is -2.69. The van der Waals surface area contributed by atoms with Crippen LogP contribution in [-0.4, -0.2) is 46.3 Å². The quantitative estimate of drug-likeness (QED) is 0.693. The van der Waals surface area contributed by atoms with Gasteiger partial charge < -0.3 is 15.1 Å². The van der Waals surface area contributed by atoms with Crippen molar-refractivity contribution in [2.24, 2.45) is 0 Å². The molecule has 1 fully saturated rings. The van der Waals surface area contributed by atoms with Gasteiger partial charge in [0.05, 0.1) is 12.2 Å². The molecule has 2 N–H and O–H groups in total. The molecule has 150 valence electrons. The van der Waals surface area contributed by atoms with E-state index in [1.807, 2.05) is 36.4 Å². The molecular weight excluding hydrogens is 362 g/mol. The molecule has 4 nitrogen and oxygen atoms in total. The van der Waals surface area contributed by atoms with E-state index in [0.717, 1.165) is 28.3 Å². The monoisotopic (exact) mass is 389 g/mol. The molecule has 0 aromatic heterocycles. The van der Waals surface area contributed by atoms with Gasteiger partial charge in [-0.15, -0.1) is 0 Å². The molecule has 0 aliphatic carbocycles. The number of carbonyl (C=O) groups is 1. The van der Waals surface area contributed by atoms with Gasteiger partial charge in [-0.25, -0.2) is 0 Å². The van der Waals surface area contributed by atoms with Gasteiger partial charge in [0.25, 0.3) is 5.91 Å². The Bertz CT molecular complexity index is 1000. The second kappa shape index (κ2) is 8.36. The lowest BCUT2D eigenvalue weighted by Gasteiger charge is -2.18. The first-order valence-electron chi connectivity index (χ1n) is 10.3. The lowest BCUT2D eigenvalue weighted by molar-refractivity contribution is 0.0572. The van der Waals surface area contributed by atoms with Gasteiger partial charge in [0.15, 0.2) is 0 Å². The number of aliphatic hydroxyl groups excluding tert-OH is 2. The van der Waals surface area contributed by atoms with Crippen LogP contribution >= 0.6 is 0 Å². The third-order valence-corrected chi connectivity index (χ3v) is 5.78. The van der Waals surface area contributed by atoms with E-state index in [9.17, 15) is 15.0 Å². The molecule has 1 saturated heterocycles. The minimum Gasteiger partial charge on any atom is -0.388 e. The first-order valence-corrected chi connectivity index (χ1v) is 10.3. The van der Waals surface area contributed by atoms with Gasteiger partial charge in [-0.3, -0.25) is 4.79 Å². The van der Waals surface area contributed by atoms with Gasteiger partial charge in [0.1, 0.15) is 0 Å². The Morgan fingerprint density at radius 3 is 2.24 bits per heavy atom. The maximum Gasteiger partial charge on any atom is 0.254 e. The summed E-state index contributed by atoms with van der Waals surface area (Å²) in [6, 6.07) is 20.5. The Morgan fingerprint density at radius 2 is 1.59 bits per heavy atom. The summed E-state index contributed by atoms with van der Waals surface area (Å²) in [7, 11) is 0. The van der Waals surface area contributed by atoms with Crippen molar-refractivity contribution in [3.8, 4) is 11.1 Å². The SMILES string of the molecule is CCCCc1ccc(-c2ccc(C(=O)N3C[C@@H](O)[C@H](O)C3)c3ccccc23)cc1. The van der Waals surface area contributed by atoms with E-state index in [0.29, 0.717) is 5.56 Å². The summed E-state index contributed by atoms with van der Waals surface area (Å²) in [5.41, 5.74) is 4.18. The van der Waals surface area contributed by atoms with Crippen molar-refractivity contribution in [2.75, 3.05) is 13.1 Å². The number of likely N-dealkylation sites (tertiary alicyclic amines) is 1. The highest BCUT2D eigenvalue weighted by Gasteiger charge is 2.33. The van der Waals surface area contributed by atoms with Crippen LogP contribution in [0.3, 0.4) is 0 Å². The van der Waals surface area contributed by atoms with Crippen LogP contribution in [0.4, 0.5) is 0 Å². The predicted octanol–water partition coefficient (Wildman–Crippen LogP) is 4.03. The molecule has 1 aliphatic rings. The predicted molar refractivity (Wildman–Crippen MR) is 116 cm³/mol. The largest absolute Gasteiger partial charge is 0.388 e. The number of hydrogen-bond acceptors (Lipinski definition) is 3. The Morgan fingerprint density at radius 1 is 0.931 bits per heavy atom. The summed E-state index contributed by atoms with van der Waals surface area (Å²) in [5, 5.41) is 21.5. The second-order valence-electron chi connectivity index (χ2n) is 7.85. The lowest BCUT2D eigenvalue weighted by Crippen LogP contribution is -2.30. The summed E-state index contributed by atoms with van der Waals surface area (Å²) in [6.45, 7) is 2.53. The summed E-state index contributed by atoms with van der Waals surface area (Å²) < 4.78 is 0. The zero-order valence-electron chi connectivity index (χ0n) is 16.7. The van der Waals surface area contributed by atoms with E-state index in [1.165, 1.54) is 23.3 Å². The molecule has 3 aromatic rings. The fraction of sp³-hybridized carbons (Fsp3) is 0.320. The third-order valence-electron chi connectivity index (χ3n) is 5.78. The molecule has 2 atom stereocenters. The lowest BCUT2D eigenvalue weighted by atomic mass is 9.93. The van der Waals surface area contributed by atoms with E-state index in [1.54, 1.807) is 0 Å². The van der Waals surface area contributed by atoms with Gasteiger partial charge in [-0.05, 0) is 46.4 Å². The van der Waals surface area contributed by atoms with Gasteiger partial charge in [-0.1, -0.05) is 67.9 Å². The van der Waals surface area contributed by atoms with Crippen LogP contribution in [0, 0.1) is 0 Å². The highest BCUT2D eigenvalue weighted by Crippen LogP contribution is 2.32. The Kier molecular flexibility index (Phi) is 5.65. The van der Waals surface area contributed by atoms with E-state index < -0.39 is 12.2 Å². The minimum absolute atomic E-state index is 0.154. The van der Waals surface area contributed by atoms with Crippen LogP contribution in [-0.2, 0) is 6.42 Å². The standard InChI is InChI=1S/C25H27NO3/c1-2-3-6-17-9-11-18(12-10-17)19-13-14-22(21-8-5-4-7-20(19)21)25(29)26-15-23(27)24(28)16-26/h4-5,7-14,23-24,27-28H,2-3,6,15-16H2,1H3/t23-,24-/m1/s1. The van der Waals surface area contributed by atoms with Gasteiger partial charge in [0.2, 0.25) is 0 Å². The molecule has 29 heavy (non-hydrogen) atoms. The zero-order valence-corrected chi connectivity index (χ0v) is 16.7. The third kappa shape index (κ3) is 3.91. The number of nitrogens with zero attached hydrogens (tertiary/aromatic N) is 1. The first kappa shape index (κ1) is 19.6. The smallest absolute Gasteiger partial charge is 0.254 e. The van der Waals surface area contributed by atoms with Crippen LogP contribution in [0.5, 0.6) is 0 Å². The molecule has 0 radical (unpaired) electrons. The number of hydrogen-bond donors (Lipinski definition) is 2. The number of aryl methyl sites for hydroxylation is 1. The van der Waals surface area contributed by atoms with Crippen molar-refractivity contribution >= 4 is 16.7 Å². The fourth-order valence-corrected chi connectivity index (χ4v) is 4.07. The molecule has 3 aromatic carbocycles. The average molecular weight is 389 g/mol. The molecule has 4 heteroatoms. The first-order chi connectivity index (χ1) is 14.1. The maximum atomic E-state index is 13.0. The maximum absolute atomic E-state index is 13.0. The van der Waals surface area contributed by atoms with Crippen molar-refractivity contribution in [2.45, 2.75) is 38.4 Å². The van der Waals surface area contributed by atoms with Gasteiger partial charge >= 0.3 is 0 Å². The van der Waals surface area contributed by atoms with Crippen LogP contribution < -0.4 is 0 Å². The molecule has 1 heterocycles. The Balaban J connectivity index is 1.70. The van der Waals surface area contributed by atoms with E-state index in [2.05, 4.69) is 31.2 Å². The zero-order chi connectivity index (χ0) is 20.4. The van der Waals surface area contributed by atoms with Crippen molar-refractivity contribution in [3.63, 3.8) is 0 Å². The number of carbonyl (C=O) groups excluding carboxylic acids is 1. The van der Waals surface area contributed by atoms with Gasteiger partial charge in [-0.2, -0.15) is 0 Å². The number of β-amino-alcohol motifs (C(OH)–C–C–N with tert-alkyl or cyclic N) is 2. The van der Waals surface area contributed by atoms with E-state index in [4.69, 9.17) is 0 Å². The van der Waals surface area contributed by atoms with E-state index >= 15 is 0 Å². The second-order valence-corrected chi connectivity index (χ2v) is 7.85. The van der Waals surface area contributed by atoms with E-state index in [-0.39, 0.29) is 19.0 Å². The topological polar surface area (TPSA) is 60.8 Å². The number of benzene rings is 3. The van der Waals surface area contributed by atoms with Crippen molar-refractivity contribution in [1.29, 1.82) is 0 Å². The van der Waals surface area contributed by atoms with Crippen molar-refractivity contribution in [3.05, 3.63) is 71.8 Å². The highest BCUT2D eigenvalue weighted by molar-refractivity contribution is 6.11.